The maximum absolute atomic E-state index is 11.0. The zero-order valence-electron chi connectivity index (χ0n) is 11.9. The molecule has 5 nitrogen and oxygen atoms in total. The Labute approximate surface area is 123 Å². The van der Waals surface area contributed by atoms with Crippen molar-refractivity contribution in [2.45, 2.75) is 32.2 Å². The van der Waals surface area contributed by atoms with Gasteiger partial charge in [-0.05, 0) is 37.3 Å². The fourth-order valence-electron chi connectivity index (χ4n) is 2.87. The van der Waals surface area contributed by atoms with Gasteiger partial charge >= 0.3 is 0 Å². The SMILES string of the molecule is Cc1cnc(NC2CCCc3ccccc32)cc1[N+](=O)[O-]. The van der Waals surface area contributed by atoms with Crippen LogP contribution in [-0.2, 0) is 6.42 Å². The van der Waals surface area contributed by atoms with Crippen molar-refractivity contribution in [3.8, 4) is 0 Å². The van der Waals surface area contributed by atoms with Crippen LogP contribution in [0, 0.1) is 17.0 Å². The Kier molecular flexibility index (Phi) is 3.56. The predicted molar refractivity (Wildman–Crippen MR) is 81.4 cm³/mol. The van der Waals surface area contributed by atoms with Gasteiger partial charge in [-0.25, -0.2) is 4.98 Å². The number of nitrogens with one attached hydrogen (secondary N) is 1. The minimum absolute atomic E-state index is 0.108. The summed E-state index contributed by atoms with van der Waals surface area (Å²) < 4.78 is 0. The molecule has 0 spiro atoms. The van der Waals surface area contributed by atoms with Gasteiger partial charge in [0.1, 0.15) is 5.82 Å². The molecular formula is C16H17N3O2. The van der Waals surface area contributed by atoms with Gasteiger partial charge in [0, 0.05) is 11.8 Å². The molecule has 1 aromatic carbocycles. The number of pyridine rings is 1. The smallest absolute Gasteiger partial charge is 0.277 e. The predicted octanol–water partition coefficient (Wildman–Crippen LogP) is 3.79. The molecule has 1 unspecified atom stereocenters. The number of rotatable bonds is 3. The first-order valence-corrected chi connectivity index (χ1v) is 7.10. The minimum atomic E-state index is -0.364. The maximum Gasteiger partial charge on any atom is 0.277 e. The molecule has 1 aliphatic carbocycles. The molecule has 1 aromatic heterocycles. The summed E-state index contributed by atoms with van der Waals surface area (Å²) in [6.45, 7) is 1.70. The van der Waals surface area contributed by atoms with Crippen LogP contribution in [0.1, 0.15) is 35.6 Å². The summed E-state index contributed by atoms with van der Waals surface area (Å²) in [7, 11) is 0. The van der Waals surface area contributed by atoms with Crippen LogP contribution in [0.2, 0.25) is 0 Å². The Morgan fingerprint density at radius 1 is 1.38 bits per heavy atom. The van der Waals surface area contributed by atoms with Crippen molar-refractivity contribution in [3.05, 3.63) is 63.3 Å². The number of benzene rings is 1. The van der Waals surface area contributed by atoms with Gasteiger partial charge in [-0.3, -0.25) is 10.1 Å². The van der Waals surface area contributed by atoms with E-state index in [2.05, 4.69) is 28.5 Å². The number of fused-ring (bicyclic) bond motifs is 1. The molecule has 0 saturated carbocycles. The van der Waals surface area contributed by atoms with E-state index < -0.39 is 0 Å². The molecule has 1 atom stereocenters. The van der Waals surface area contributed by atoms with Crippen molar-refractivity contribution in [2.75, 3.05) is 5.32 Å². The van der Waals surface area contributed by atoms with Crippen LogP contribution in [0.4, 0.5) is 11.5 Å². The molecule has 3 rings (SSSR count). The van der Waals surface area contributed by atoms with Gasteiger partial charge in [0.25, 0.3) is 5.69 Å². The first kappa shape index (κ1) is 13.5. The number of anilines is 1. The lowest BCUT2D eigenvalue weighted by Crippen LogP contribution is -2.18. The first-order chi connectivity index (χ1) is 10.1. The molecule has 1 aliphatic rings. The largest absolute Gasteiger partial charge is 0.363 e. The molecule has 5 heteroatoms. The Balaban J connectivity index is 1.88. The van der Waals surface area contributed by atoms with Gasteiger partial charge in [0.2, 0.25) is 0 Å². The fourth-order valence-corrected chi connectivity index (χ4v) is 2.87. The van der Waals surface area contributed by atoms with E-state index in [4.69, 9.17) is 0 Å². The third kappa shape index (κ3) is 2.72. The van der Waals surface area contributed by atoms with Crippen molar-refractivity contribution in [1.82, 2.24) is 4.98 Å². The van der Waals surface area contributed by atoms with Crippen LogP contribution >= 0.6 is 0 Å². The van der Waals surface area contributed by atoms with E-state index in [1.54, 1.807) is 13.1 Å². The highest BCUT2D eigenvalue weighted by Crippen LogP contribution is 2.32. The molecule has 0 aliphatic heterocycles. The zero-order chi connectivity index (χ0) is 14.8. The Hall–Kier alpha value is -2.43. The fraction of sp³-hybridized carbons (Fsp3) is 0.312. The average molecular weight is 283 g/mol. The lowest BCUT2D eigenvalue weighted by Gasteiger charge is -2.26. The lowest BCUT2D eigenvalue weighted by molar-refractivity contribution is -0.385. The van der Waals surface area contributed by atoms with Crippen molar-refractivity contribution >= 4 is 11.5 Å². The van der Waals surface area contributed by atoms with E-state index in [0.29, 0.717) is 11.4 Å². The van der Waals surface area contributed by atoms with Gasteiger partial charge in [-0.2, -0.15) is 0 Å². The summed E-state index contributed by atoms with van der Waals surface area (Å²) in [6.07, 6.45) is 4.77. The molecule has 0 saturated heterocycles. The second kappa shape index (κ2) is 5.52. The number of hydrogen-bond donors (Lipinski definition) is 1. The van der Waals surface area contributed by atoms with Crippen LogP contribution in [0.5, 0.6) is 0 Å². The number of nitro groups is 1. The third-order valence-electron chi connectivity index (χ3n) is 3.96. The molecule has 2 aromatic rings. The molecule has 0 amide bonds. The highest BCUT2D eigenvalue weighted by molar-refractivity contribution is 5.50. The standard InChI is InChI=1S/C16H17N3O2/c1-11-10-17-16(9-15(11)19(20)21)18-14-8-4-6-12-5-2-3-7-13(12)14/h2-3,5,7,9-10,14H,4,6,8H2,1H3,(H,17,18). The monoisotopic (exact) mass is 283 g/mol. The highest BCUT2D eigenvalue weighted by Gasteiger charge is 2.21. The second-order valence-corrected chi connectivity index (χ2v) is 5.40. The third-order valence-corrected chi connectivity index (χ3v) is 3.96. The van der Waals surface area contributed by atoms with Crippen LogP contribution in [0.25, 0.3) is 0 Å². The van der Waals surface area contributed by atoms with Gasteiger partial charge in [-0.15, -0.1) is 0 Å². The zero-order valence-corrected chi connectivity index (χ0v) is 11.9. The quantitative estimate of drug-likeness (QED) is 0.687. The summed E-state index contributed by atoms with van der Waals surface area (Å²) in [5, 5.41) is 14.4. The van der Waals surface area contributed by atoms with E-state index in [-0.39, 0.29) is 16.7 Å². The van der Waals surface area contributed by atoms with Gasteiger partial charge in [0.05, 0.1) is 17.0 Å². The number of nitrogens with zero attached hydrogens (tertiary/aromatic N) is 2. The normalized spacial score (nSPS) is 17.1. The Bertz CT molecular complexity index is 685. The van der Waals surface area contributed by atoms with Crippen LogP contribution in [0.15, 0.2) is 36.5 Å². The Morgan fingerprint density at radius 2 is 2.19 bits per heavy atom. The number of hydrogen-bond acceptors (Lipinski definition) is 4. The van der Waals surface area contributed by atoms with Crippen LogP contribution < -0.4 is 5.32 Å². The van der Waals surface area contributed by atoms with E-state index in [0.717, 1.165) is 19.3 Å². The molecule has 1 N–H and O–H groups in total. The molecule has 1 heterocycles. The van der Waals surface area contributed by atoms with E-state index in [9.17, 15) is 10.1 Å². The van der Waals surface area contributed by atoms with Gasteiger partial charge < -0.3 is 5.32 Å². The van der Waals surface area contributed by atoms with Gasteiger partial charge in [-0.1, -0.05) is 24.3 Å². The van der Waals surface area contributed by atoms with Crippen molar-refractivity contribution in [3.63, 3.8) is 0 Å². The van der Waals surface area contributed by atoms with Crippen LogP contribution in [0.3, 0.4) is 0 Å². The van der Waals surface area contributed by atoms with Crippen molar-refractivity contribution in [1.29, 1.82) is 0 Å². The summed E-state index contributed by atoms with van der Waals surface area (Å²) in [5.41, 5.74) is 3.31. The van der Waals surface area contributed by atoms with E-state index in [1.807, 2.05) is 6.07 Å². The van der Waals surface area contributed by atoms with E-state index >= 15 is 0 Å². The molecule has 0 fully saturated rings. The molecule has 0 radical (unpaired) electrons. The Morgan fingerprint density at radius 3 is 3.00 bits per heavy atom. The molecular weight excluding hydrogens is 266 g/mol. The highest BCUT2D eigenvalue weighted by atomic mass is 16.6. The summed E-state index contributed by atoms with van der Waals surface area (Å²) in [6, 6.07) is 10.0. The van der Waals surface area contributed by atoms with Gasteiger partial charge in [0.15, 0.2) is 0 Å². The average Bonchev–Trinajstić information content (AvgIpc) is 2.49. The van der Waals surface area contributed by atoms with Crippen molar-refractivity contribution < 1.29 is 4.92 Å². The topological polar surface area (TPSA) is 68.1 Å². The van der Waals surface area contributed by atoms with E-state index in [1.165, 1.54) is 17.2 Å². The second-order valence-electron chi connectivity index (χ2n) is 5.40. The number of aromatic nitrogens is 1. The summed E-state index contributed by atoms with van der Waals surface area (Å²) >= 11 is 0. The maximum atomic E-state index is 11.0. The minimum Gasteiger partial charge on any atom is -0.363 e. The molecule has 21 heavy (non-hydrogen) atoms. The summed E-state index contributed by atoms with van der Waals surface area (Å²) in [4.78, 5) is 14.9. The molecule has 108 valence electrons. The van der Waals surface area contributed by atoms with Crippen molar-refractivity contribution in [2.24, 2.45) is 0 Å². The molecule has 0 bridgehead atoms. The summed E-state index contributed by atoms with van der Waals surface area (Å²) in [5.74, 6) is 0.564. The number of aryl methyl sites for hydroxylation is 2. The lowest BCUT2D eigenvalue weighted by atomic mass is 9.88. The first-order valence-electron chi connectivity index (χ1n) is 7.10. The van der Waals surface area contributed by atoms with Crippen LogP contribution in [-0.4, -0.2) is 9.91 Å².